The van der Waals surface area contributed by atoms with E-state index in [9.17, 15) is 14.0 Å². The standard InChI is InChI=1S/C26H18FN3O2S2/c27-21-12-6-4-10-18(21)15-29-16-19(20-11-5-7-13-22(20)29)14-23-25(32)30(26(33)34-23)28-24(31)17-8-2-1-3-9-17/h1-14,16H,15H2,(H,28,31)/b23-14-. The van der Waals surface area contributed by atoms with E-state index < -0.39 is 11.8 Å². The number of amides is 2. The van der Waals surface area contributed by atoms with Crippen molar-refractivity contribution >= 4 is 57.1 Å². The highest BCUT2D eigenvalue weighted by Crippen LogP contribution is 2.34. The van der Waals surface area contributed by atoms with E-state index in [4.69, 9.17) is 12.2 Å². The van der Waals surface area contributed by atoms with Gasteiger partial charge in [0.1, 0.15) is 5.82 Å². The third kappa shape index (κ3) is 4.25. The van der Waals surface area contributed by atoms with Gasteiger partial charge in [0.2, 0.25) is 0 Å². The number of aromatic nitrogens is 1. The molecule has 1 N–H and O–H groups in total. The molecule has 3 aromatic carbocycles. The normalized spacial score (nSPS) is 14.9. The van der Waals surface area contributed by atoms with Crippen molar-refractivity contribution in [3.05, 3.63) is 112 Å². The fourth-order valence-corrected chi connectivity index (χ4v) is 4.96. The maximum atomic E-state index is 14.2. The van der Waals surface area contributed by atoms with Crippen LogP contribution in [-0.2, 0) is 11.3 Å². The van der Waals surface area contributed by atoms with E-state index in [1.54, 1.807) is 48.5 Å². The summed E-state index contributed by atoms with van der Waals surface area (Å²) in [5.74, 6) is -1.08. The zero-order valence-electron chi connectivity index (χ0n) is 17.8. The van der Waals surface area contributed by atoms with E-state index in [2.05, 4.69) is 5.43 Å². The van der Waals surface area contributed by atoms with Crippen LogP contribution in [0.2, 0.25) is 0 Å². The molecule has 4 aromatic rings. The number of nitrogens with one attached hydrogen (secondary N) is 1. The van der Waals surface area contributed by atoms with E-state index in [1.807, 2.05) is 41.1 Å². The van der Waals surface area contributed by atoms with Crippen molar-refractivity contribution in [3.63, 3.8) is 0 Å². The second-order valence-corrected chi connectivity index (χ2v) is 9.32. The third-order valence-corrected chi connectivity index (χ3v) is 6.75. The highest BCUT2D eigenvalue weighted by molar-refractivity contribution is 8.26. The van der Waals surface area contributed by atoms with Crippen molar-refractivity contribution in [2.24, 2.45) is 0 Å². The molecule has 1 saturated heterocycles. The van der Waals surface area contributed by atoms with Crippen molar-refractivity contribution in [1.82, 2.24) is 15.0 Å². The number of thioether (sulfide) groups is 1. The summed E-state index contributed by atoms with van der Waals surface area (Å²) >= 11 is 6.47. The molecule has 1 aliphatic rings. The Balaban J connectivity index is 1.44. The van der Waals surface area contributed by atoms with Crippen LogP contribution in [0, 0.1) is 5.82 Å². The van der Waals surface area contributed by atoms with Crippen LogP contribution in [0.25, 0.3) is 17.0 Å². The molecule has 2 heterocycles. The number of halogens is 1. The number of carbonyl (C=O) groups is 2. The summed E-state index contributed by atoms with van der Waals surface area (Å²) in [4.78, 5) is 25.9. The number of hydrogen-bond donors (Lipinski definition) is 1. The average Bonchev–Trinajstić information content (AvgIpc) is 3.33. The number of rotatable bonds is 5. The van der Waals surface area contributed by atoms with Gasteiger partial charge < -0.3 is 4.57 Å². The molecule has 5 rings (SSSR count). The van der Waals surface area contributed by atoms with Gasteiger partial charge in [-0.25, -0.2) is 4.39 Å². The molecule has 5 nitrogen and oxygen atoms in total. The first-order valence-corrected chi connectivity index (χ1v) is 11.7. The number of benzene rings is 3. The molecule has 168 valence electrons. The van der Waals surface area contributed by atoms with Gasteiger partial charge >= 0.3 is 0 Å². The van der Waals surface area contributed by atoms with E-state index in [0.29, 0.717) is 22.6 Å². The minimum Gasteiger partial charge on any atom is -0.342 e. The summed E-state index contributed by atoms with van der Waals surface area (Å²) in [6, 6.07) is 23.0. The van der Waals surface area contributed by atoms with Crippen LogP contribution in [0.3, 0.4) is 0 Å². The molecule has 0 aliphatic carbocycles. The molecular weight excluding hydrogens is 469 g/mol. The third-order valence-electron chi connectivity index (χ3n) is 5.45. The van der Waals surface area contributed by atoms with Gasteiger partial charge in [0, 0.05) is 33.8 Å². The van der Waals surface area contributed by atoms with E-state index >= 15 is 0 Å². The van der Waals surface area contributed by atoms with Gasteiger partial charge in [-0.15, -0.1) is 0 Å². The Morgan fingerprint density at radius 2 is 1.71 bits per heavy atom. The number of nitrogens with zero attached hydrogens (tertiary/aromatic N) is 2. The summed E-state index contributed by atoms with van der Waals surface area (Å²) in [6.45, 7) is 0.356. The zero-order chi connectivity index (χ0) is 23.7. The Hall–Kier alpha value is -3.75. The molecule has 0 saturated carbocycles. The minimum atomic E-state index is -0.417. The van der Waals surface area contributed by atoms with Gasteiger partial charge in [0.15, 0.2) is 4.32 Å². The van der Waals surface area contributed by atoms with Gasteiger partial charge in [-0.1, -0.05) is 66.4 Å². The average molecular weight is 488 g/mol. The van der Waals surface area contributed by atoms with Crippen LogP contribution in [0.15, 0.2) is 90.0 Å². The van der Waals surface area contributed by atoms with Gasteiger partial charge in [-0.2, -0.15) is 5.01 Å². The van der Waals surface area contributed by atoms with Crippen molar-refractivity contribution in [1.29, 1.82) is 0 Å². The molecule has 0 unspecified atom stereocenters. The highest BCUT2D eigenvalue weighted by Gasteiger charge is 2.34. The maximum absolute atomic E-state index is 14.2. The Morgan fingerprint density at radius 3 is 2.50 bits per heavy atom. The lowest BCUT2D eigenvalue weighted by Gasteiger charge is -2.15. The van der Waals surface area contributed by atoms with Crippen molar-refractivity contribution in [3.8, 4) is 0 Å². The lowest BCUT2D eigenvalue weighted by molar-refractivity contribution is -0.123. The molecule has 1 aromatic heterocycles. The van der Waals surface area contributed by atoms with Gasteiger partial charge in [-0.3, -0.25) is 15.0 Å². The van der Waals surface area contributed by atoms with E-state index in [1.165, 1.54) is 6.07 Å². The predicted molar refractivity (Wildman–Crippen MR) is 136 cm³/mol. The maximum Gasteiger partial charge on any atom is 0.285 e. The predicted octanol–water partition coefficient (Wildman–Crippen LogP) is 5.37. The van der Waals surface area contributed by atoms with Crippen molar-refractivity contribution in [2.75, 3.05) is 0 Å². The zero-order valence-corrected chi connectivity index (χ0v) is 19.4. The highest BCUT2D eigenvalue weighted by atomic mass is 32.2. The van der Waals surface area contributed by atoms with Gasteiger partial charge in [0.25, 0.3) is 11.8 Å². The molecule has 0 atom stereocenters. The fourth-order valence-electron chi connectivity index (χ4n) is 3.79. The number of fused-ring (bicyclic) bond motifs is 1. The summed E-state index contributed by atoms with van der Waals surface area (Å²) in [7, 11) is 0. The number of hydrazine groups is 1. The number of carbonyl (C=O) groups excluding carboxylic acids is 2. The van der Waals surface area contributed by atoms with Crippen LogP contribution >= 0.6 is 24.0 Å². The topological polar surface area (TPSA) is 54.3 Å². The molecule has 34 heavy (non-hydrogen) atoms. The molecule has 0 radical (unpaired) electrons. The molecule has 8 heteroatoms. The van der Waals surface area contributed by atoms with E-state index in [0.717, 1.165) is 33.2 Å². The smallest absolute Gasteiger partial charge is 0.285 e. The molecular formula is C26H18FN3O2S2. The SMILES string of the molecule is O=C(NN1C(=O)/C(=C/c2cn(Cc3ccccc3F)c3ccccc23)SC1=S)c1ccccc1. The fraction of sp³-hybridized carbons (Fsp3) is 0.0385. The molecule has 1 aliphatic heterocycles. The Morgan fingerprint density at radius 1 is 1.00 bits per heavy atom. The first-order valence-electron chi connectivity index (χ1n) is 10.5. The largest absolute Gasteiger partial charge is 0.342 e. The van der Waals surface area contributed by atoms with Crippen LogP contribution in [0.1, 0.15) is 21.5 Å². The molecule has 1 fully saturated rings. The quantitative estimate of drug-likeness (QED) is 0.304. The first-order chi connectivity index (χ1) is 16.5. The van der Waals surface area contributed by atoms with Crippen molar-refractivity contribution < 1.29 is 14.0 Å². The summed E-state index contributed by atoms with van der Waals surface area (Å²) in [6.07, 6.45) is 3.65. The second kappa shape index (κ2) is 9.24. The summed E-state index contributed by atoms with van der Waals surface area (Å²) in [5, 5.41) is 2.03. The van der Waals surface area contributed by atoms with Crippen LogP contribution in [-0.4, -0.2) is 25.7 Å². The monoisotopic (exact) mass is 487 g/mol. The first kappa shape index (κ1) is 22.1. The number of thiocarbonyl (C=S) groups is 1. The summed E-state index contributed by atoms with van der Waals surface area (Å²) in [5.41, 5.74) is 5.32. The van der Waals surface area contributed by atoms with Gasteiger partial charge in [0.05, 0.1) is 11.4 Å². The van der Waals surface area contributed by atoms with Crippen LogP contribution in [0.4, 0.5) is 4.39 Å². The van der Waals surface area contributed by atoms with Crippen LogP contribution < -0.4 is 5.43 Å². The lowest BCUT2D eigenvalue weighted by atomic mass is 10.1. The second-order valence-electron chi connectivity index (χ2n) is 7.64. The number of para-hydroxylation sites is 1. The van der Waals surface area contributed by atoms with E-state index in [-0.39, 0.29) is 10.1 Å². The molecule has 2 amide bonds. The molecule has 0 bridgehead atoms. The minimum absolute atomic E-state index is 0.246. The lowest BCUT2D eigenvalue weighted by Crippen LogP contribution is -2.44. The Bertz CT molecular complexity index is 1460. The number of hydrogen-bond acceptors (Lipinski definition) is 4. The summed E-state index contributed by atoms with van der Waals surface area (Å²) < 4.78 is 16.4. The Labute approximate surface area is 204 Å². The van der Waals surface area contributed by atoms with Crippen molar-refractivity contribution in [2.45, 2.75) is 6.54 Å². The van der Waals surface area contributed by atoms with Gasteiger partial charge in [-0.05, 0) is 42.6 Å². The molecule has 0 spiro atoms. The van der Waals surface area contributed by atoms with Crippen LogP contribution in [0.5, 0.6) is 0 Å². The Kier molecular flexibility index (Phi) is 6.00.